The second-order valence-corrected chi connectivity index (χ2v) is 6.85. The van der Waals surface area contributed by atoms with E-state index in [0.717, 1.165) is 27.7 Å². The Balaban J connectivity index is 1.74. The van der Waals surface area contributed by atoms with Crippen LogP contribution in [0.25, 0.3) is 0 Å². The third kappa shape index (κ3) is 2.65. The van der Waals surface area contributed by atoms with Gasteiger partial charge in [0.25, 0.3) is 0 Å². The maximum absolute atomic E-state index is 8.52. The summed E-state index contributed by atoms with van der Waals surface area (Å²) in [6, 6.07) is 19.9. The first-order valence-corrected chi connectivity index (χ1v) is 8.65. The van der Waals surface area contributed by atoms with Crippen molar-refractivity contribution in [3.8, 4) is 0 Å². The third-order valence-corrected chi connectivity index (χ3v) is 5.02. The van der Waals surface area contributed by atoms with E-state index >= 15 is 0 Å². The van der Waals surface area contributed by atoms with Crippen LogP contribution in [0.3, 0.4) is 0 Å². The lowest BCUT2D eigenvalue weighted by atomic mass is 10.2. The number of anilines is 1. The van der Waals surface area contributed by atoms with Crippen molar-refractivity contribution in [1.82, 2.24) is 10.5 Å². The van der Waals surface area contributed by atoms with E-state index < -0.39 is 11.7 Å². The number of hydrogen-bond acceptors (Lipinski definition) is 5. The van der Waals surface area contributed by atoms with Crippen molar-refractivity contribution < 1.29 is 0 Å². The van der Waals surface area contributed by atoms with E-state index in [2.05, 4.69) is 10.4 Å². The lowest BCUT2D eigenvalue weighted by Gasteiger charge is -2.27. The van der Waals surface area contributed by atoms with Crippen LogP contribution < -0.4 is 10.5 Å². The molecule has 2 aromatic rings. The van der Waals surface area contributed by atoms with Crippen molar-refractivity contribution in [2.24, 2.45) is 10.1 Å². The minimum Gasteiger partial charge on any atom is -0.259 e. The monoisotopic (exact) mass is 338 g/mol. The van der Waals surface area contributed by atoms with Crippen LogP contribution in [-0.2, 0) is 0 Å². The van der Waals surface area contributed by atoms with Gasteiger partial charge in [0, 0.05) is 11.3 Å². The highest BCUT2D eigenvalue weighted by Crippen LogP contribution is 2.33. The fourth-order valence-electron chi connectivity index (χ4n) is 2.48. The van der Waals surface area contributed by atoms with Gasteiger partial charge in [0.1, 0.15) is 0 Å². The van der Waals surface area contributed by atoms with Crippen molar-refractivity contribution in [3.63, 3.8) is 0 Å². The summed E-state index contributed by atoms with van der Waals surface area (Å²) in [6.45, 7) is 3.92. The molecule has 0 spiro atoms. The van der Waals surface area contributed by atoms with E-state index in [0.29, 0.717) is 5.17 Å². The van der Waals surface area contributed by atoms with E-state index in [1.807, 2.05) is 79.6 Å². The zero-order chi connectivity index (χ0) is 17.4. The number of rotatable bonds is 2. The molecule has 24 heavy (non-hydrogen) atoms. The summed E-state index contributed by atoms with van der Waals surface area (Å²) in [4.78, 5) is 5.63. The van der Waals surface area contributed by atoms with E-state index in [4.69, 9.17) is 6.23 Å². The summed E-state index contributed by atoms with van der Waals surface area (Å²) in [7, 11) is 0. The zero-order valence-corrected chi connectivity index (χ0v) is 14.4. The Morgan fingerprint density at radius 3 is 2.29 bits per heavy atom. The summed E-state index contributed by atoms with van der Waals surface area (Å²) in [5, 5.41) is 8.94. The van der Waals surface area contributed by atoms with Gasteiger partial charge in [0.05, 0.1) is 6.81 Å². The molecule has 0 bridgehead atoms. The van der Waals surface area contributed by atoms with Crippen molar-refractivity contribution in [3.05, 3.63) is 76.8 Å². The van der Waals surface area contributed by atoms with E-state index in [1.54, 1.807) is 5.12 Å². The predicted molar refractivity (Wildman–Crippen MR) is 103 cm³/mol. The second-order valence-electron chi connectivity index (χ2n) is 5.56. The quantitative estimate of drug-likeness (QED) is 0.912. The molecule has 1 unspecified atom stereocenters. The molecule has 0 aromatic heterocycles. The standard InChI is InChI=1S/C18H19N5S/c1-13-14(2)24-18(19-13)23-21-17(15-9-5-3-6-10-15)20-22(23)16-11-7-4-8-12-16/h3-12H,24H2,1-2H3,(H,20,21)/i24D. The Morgan fingerprint density at radius 2 is 1.67 bits per heavy atom. The second kappa shape index (κ2) is 6.05. The van der Waals surface area contributed by atoms with Gasteiger partial charge in [0.15, 0.2) is 11.0 Å². The molecule has 2 aliphatic heterocycles. The van der Waals surface area contributed by atoms with E-state index in [1.165, 1.54) is 0 Å². The highest BCUT2D eigenvalue weighted by molar-refractivity contribution is 8.17. The average molecular weight is 338 g/mol. The Hall–Kier alpha value is -2.73. The minimum atomic E-state index is -1.23. The van der Waals surface area contributed by atoms with Crippen molar-refractivity contribution in [2.75, 3.05) is 5.12 Å². The van der Waals surface area contributed by atoms with Gasteiger partial charge >= 0.3 is 0 Å². The summed E-state index contributed by atoms with van der Waals surface area (Å²) < 4.78 is 8.52. The number of nitrogens with zero attached hydrogens (tertiary/aromatic N) is 4. The molecule has 0 saturated carbocycles. The van der Waals surface area contributed by atoms with Crippen molar-refractivity contribution in [2.45, 2.75) is 13.8 Å². The Bertz CT molecular complexity index is 879. The molecule has 2 aromatic carbocycles. The molecule has 2 aliphatic rings. The van der Waals surface area contributed by atoms with Crippen LogP contribution in [-0.4, -0.2) is 17.2 Å². The molecule has 2 heterocycles. The molecule has 122 valence electrons. The highest BCUT2D eigenvalue weighted by atomic mass is 32.2. The summed E-state index contributed by atoms with van der Waals surface area (Å²) in [6.07, 6.45) is 0. The average Bonchev–Trinajstić information content (AvgIpc) is 3.20. The number of benzene rings is 2. The number of aliphatic imine (C=N–C) groups is 1. The van der Waals surface area contributed by atoms with E-state index in [9.17, 15) is 0 Å². The first kappa shape index (κ1) is 13.7. The molecule has 6 heteroatoms. The van der Waals surface area contributed by atoms with Crippen LogP contribution in [0, 0.1) is 0 Å². The minimum absolute atomic E-state index is 0.660. The summed E-state index contributed by atoms with van der Waals surface area (Å²) >= 11 is -1.23. The van der Waals surface area contributed by atoms with Gasteiger partial charge in [0.2, 0.25) is 0 Å². The largest absolute Gasteiger partial charge is 0.259 e. The number of hydrazine groups is 2. The molecule has 0 radical (unpaired) electrons. The Morgan fingerprint density at radius 1 is 1.00 bits per heavy atom. The van der Waals surface area contributed by atoms with Crippen LogP contribution in [0.2, 0.25) is 0 Å². The number of amidine groups is 2. The summed E-state index contributed by atoms with van der Waals surface area (Å²) in [5.74, 6) is 0.734. The molecule has 5 nitrogen and oxygen atoms in total. The van der Waals surface area contributed by atoms with Gasteiger partial charge < -0.3 is 0 Å². The number of nitrogens with one attached hydrogen (secondary N) is 1. The molecule has 1 atom stereocenters. The Labute approximate surface area is 146 Å². The topological polar surface area (TPSA) is 43.2 Å². The van der Waals surface area contributed by atoms with Gasteiger partial charge in [-0.15, -0.1) is 10.2 Å². The third-order valence-electron chi connectivity index (χ3n) is 3.88. The van der Waals surface area contributed by atoms with Gasteiger partial charge in [-0.1, -0.05) is 48.5 Å². The fourth-order valence-corrected chi connectivity index (χ4v) is 3.42. The predicted octanol–water partition coefficient (Wildman–Crippen LogP) is 3.41. The summed E-state index contributed by atoms with van der Waals surface area (Å²) in [5.41, 5.74) is 6.17. The first-order chi connectivity index (χ1) is 12.1. The number of hydrogen-bond donors (Lipinski definition) is 1. The highest BCUT2D eigenvalue weighted by Gasteiger charge is 2.30. The number of para-hydroxylation sites is 1. The molecular formula is C18H19N5S. The molecule has 0 saturated heterocycles. The lowest BCUT2D eigenvalue weighted by Crippen LogP contribution is -2.46. The Kier molecular flexibility index (Phi) is 3.45. The molecule has 0 amide bonds. The lowest BCUT2D eigenvalue weighted by molar-refractivity contribution is 0.430. The van der Waals surface area contributed by atoms with Crippen LogP contribution in [0.5, 0.6) is 0 Å². The van der Waals surface area contributed by atoms with Gasteiger partial charge in [-0.3, -0.25) is 5.43 Å². The maximum atomic E-state index is 8.52. The van der Waals surface area contributed by atoms with Crippen LogP contribution in [0.15, 0.2) is 81.4 Å². The normalized spacial score (nSPS) is 22.2. The van der Waals surface area contributed by atoms with E-state index in [-0.39, 0.29) is 0 Å². The first-order valence-electron chi connectivity index (χ1n) is 8.21. The molecule has 0 aliphatic carbocycles. The SMILES string of the molecule is [2H][SH]1C(N2N=C(c3ccccc3)NN2c2ccccc2)=NC(C)=C1C. The van der Waals surface area contributed by atoms with Crippen LogP contribution in [0.4, 0.5) is 5.69 Å². The molecule has 1 N–H and O–H groups in total. The zero-order valence-electron chi connectivity index (χ0n) is 14.5. The van der Waals surface area contributed by atoms with Crippen molar-refractivity contribution >= 4 is 28.4 Å². The molecule has 0 fully saturated rings. The van der Waals surface area contributed by atoms with Gasteiger partial charge in [-0.25, -0.2) is 4.99 Å². The number of hydrazone groups is 1. The molecular weight excluding hydrogens is 318 g/mol. The maximum Gasteiger partial charge on any atom is 0.190 e. The number of allylic oxidation sites excluding steroid dienone is 2. The van der Waals surface area contributed by atoms with Crippen LogP contribution in [0.1, 0.15) is 19.4 Å². The molecule has 4 rings (SSSR count). The smallest absolute Gasteiger partial charge is 0.190 e. The van der Waals surface area contributed by atoms with Crippen LogP contribution >= 0.6 is 11.7 Å². The van der Waals surface area contributed by atoms with Gasteiger partial charge in [-0.05, 0) is 30.9 Å². The van der Waals surface area contributed by atoms with Crippen molar-refractivity contribution in [1.29, 1.82) is 1.12 Å². The fraction of sp³-hybridized carbons (Fsp3) is 0.111. The van der Waals surface area contributed by atoms with Gasteiger partial charge in [-0.2, -0.15) is 16.8 Å².